The second-order valence-electron chi connectivity index (χ2n) is 5.85. The van der Waals surface area contributed by atoms with Crippen LogP contribution in [0.15, 0.2) is 48.7 Å². The van der Waals surface area contributed by atoms with E-state index in [0.29, 0.717) is 18.9 Å². The van der Waals surface area contributed by atoms with Crippen molar-refractivity contribution in [3.8, 4) is 5.75 Å². The molecule has 3 rings (SSSR count). The number of carbonyl (C=O) groups is 1. The molecule has 2 amide bonds. The number of amides is 2. The van der Waals surface area contributed by atoms with Gasteiger partial charge in [0.1, 0.15) is 11.9 Å². The molecule has 1 atom stereocenters. The number of hydrogen-bond donors (Lipinski definition) is 2. The van der Waals surface area contributed by atoms with Crippen LogP contribution in [0, 0.1) is 6.92 Å². The molecule has 0 unspecified atom stereocenters. The highest BCUT2D eigenvalue weighted by Gasteiger charge is 2.09. The van der Waals surface area contributed by atoms with Crippen molar-refractivity contribution in [3.63, 3.8) is 0 Å². The molecular formula is C18H21N5O2. The molecule has 3 aromatic rings. The topological polar surface area (TPSA) is 80.5 Å². The van der Waals surface area contributed by atoms with Crippen LogP contribution >= 0.6 is 0 Å². The molecule has 0 saturated heterocycles. The summed E-state index contributed by atoms with van der Waals surface area (Å²) in [6, 6.07) is 13.2. The molecule has 7 nitrogen and oxygen atoms in total. The van der Waals surface area contributed by atoms with Crippen molar-refractivity contribution >= 4 is 11.7 Å². The van der Waals surface area contributed by atoms with Crippen LogP contribution in [0.25, 0.3) is 5.65 Å². The summed E-state index contributed by atoms with van der Waals surface area (Å²) >= 11 is 0. The zero-order valence-electron chi connectivity index (χ0n) is 14.3. The molecule has 0 spiro atoms. The molecule has 1 aromatic carbocycles. The molecule has 2 heterocycles. The number of nitrogens with one attached hydrogen (secondary N) is 2. The Labute approximate surface area is 146 Å². The van der Waals surface area contributed by atoms with Gasteiger partial charge < -0.3 is 15.4 Å². The number of urea groups is 1. The quantitative estimate of drug-likeness (QED) is 0.722. The van der Waals surface area contributed by atoms with Gasteiger partial charge in [-0.1, -0.05) is 18.2 Å². The van der Waals surface area contributed by atoms with E-state index in [1.807, 2.05) is 66.9 Å². The molecule has 2 aromatic heterocycles. The molecule has 0 aliphatic rings. The fourth-order valence-electron chi connectivity index (χ4n) is 2.43. The summed E-state index contributed by atoms with van der Waals surface area (Å²) in [4.78, 5) is 12.0. The van der Waals surface area contributed by atoms with Gasteiger partial charge in [0.25, 0.3) is 0 Å². The fraction of sp³-hybridized carbons (Fsp3) is 0.278. The molecule has 0 aliphatic heterocycles. The largest absolute Gasteiger partial charge is 0.489 e. The number of aryl methyl sites for hydroxylation is 1. The average molecular weight is 339 g/mol. The van der Waals surface area contributed by atoms with E-state index in [9.17, 15) is 4.79 Å². The molecule has 0 radical (unpaired) electrons. The minimum absolute atomic E-state index is 0.138. The highest BCUT2D eigenvalue weighted by Crippen LogP contribution is 2.13. The van der Waals surface area contributed by atoms with Crippen LogP contribution in [0.2, 0.25) is 0 Å². The molecule has 0 fully saturated rings. The maximum Gasteiger partial charge on any atom is 0.315 e. The Bertz CT molecular complexity index is 861. The Morgan fingerprint density at radius 1 is 1.20 bits per heavy atom. The Morgan fingerprint density at radius 3 is 2.92 bits per heavy atom. The molecule has 130 valence electrons. The second-order valence-corrected chi connectivity index (χ2v) is 5.85. The summed E-state index contributed by atoms with van der Waals surface area (Å²) in [5, 5.41) is 13.7. The Morgan fingerprint density at radius 2 is 2.08 bits per heavy atom. The van der Waals surface area contributed by atoms with Gasteiger partial charge in [0.05, 0.1) is 13.1 Å². The lowest BCUT2D eigenvalue weighted by Crippen LogP contribution is -2.40. The van der Waals surface area contributed by atoms with Crippen molar-refractivity contribution in [1.29, 1.82) is 0 Å². The molecular weight excluding hydrogens is 318 g/mol. The van der Waals surface area contributed by atoms with Gasteiger partial charge in [-0.2, -0.15) is 0 Å². The maximum absolute atomic E-state index is 12.0. The van der Waals surface area contributed by atoms with Gasteiger partial charge in [-0.3, -0.25) is 4.40 Å². The van der Waals surface area contributed by atoms with Crippen molar-refractivity contribution in [2.45, 2.75) is 26.5 Å². The van der Waals surface area contributed by atoms with E-state index >= 15 is 0 Å². The van der Waals surface area contributed by atoms with Crippen LogP contribution in [-0.4, -0.2) is 33.3 Å². The van der Waals surface area contributed by atoms with Gasteiger partial charge in [0, 0.05) is 6.20 Å². The zero-order valence-corrected chi connectivity index (χ0v) is 14.3. The third kappa shape index (κ3) is 4.47. The normalized spacial score (nSPS) is 11.9. The summed E-state index contributed by atoms with van der Waals surface area (Å²) in [6.07, 6.45) is 1.73. The average Bonchev–Trinajstić information content (AvgIpc) is 3.01. The highest BCUT2D eigenvalue weighted by molar-refractivity contribution is 5.73. The number of hydrogen-bond acceptors (Lipinski definition) is 4. The van der Waals surface area contributed by atoms with Crippen molar-refractivity contribution in [2.75, 3.05) is 6.54 Å². The smallest absolute Gasteiger partial charge is 0.315 e. The van der Waals surface area contributed by atoms with E-state index in [0.717, 1.165) is 17.0 Å². The summed E-state index contributed by atoms with van der Waals surface area (Å²) in [6.45, 7) is 4.62. The SMILES string of the molecule is Cc1cccc(O[C@@H](C)CNC(=O)NCc2nnc3ccccn23)c1. The van der Waals surface area contributed by atoms with Crippen molar-refractivity contribution in [3.05, 3.63) is 60.0 Å². The van der Waals surface area contributed by atoms with Crippen LogP contribution in [0.4, 0.5) is 4.79 Å². The van der Waals surface area contributed by atoms with Crippen LogP contribution < -0.4 is 15.4 Å². The zero-order chi connectivity index (χ0) is 17.6. The van der Waals surface area contributed by atoms with Gasteiger partial charge >= 0.3 is 6.03 Å². The van der Waals surface area contributed by atoms with Crippen molar-refractivity contribution in [2.24, 2.45) is 0 Å². The Kier molecular flexibility index (Phi) is 5.13. The predicted molar refractivity (Wildman–Crippen MR) is 94.5 cm³/mol. The molecule has 0 saturated carbocycles. The van der Waals surface area contributed by atoms with E-state index < -0.39 is 0 Å². The van der Waals surface area contributed by atoms with Gasteiger partial charge in [0.2, 0.25) is 0 Å². The van der Waals surface area contributed by atoms with Crippen LogP contribution in [0.5, 0.6) is 5.75 Å². The number of fused-ring (bicyclic) bond motifs is 1. The van der Waals surface area contributed by atoms with Gasteiger partial charge in [-0.05, 0) is 43.7 Å². The summed E-state index contributed by atoms with van der Waals surface area (Å²) in [5.41, 5.74) is 1.89. The molecule has 25 heavy (non-hydrogen) atoms. The van der Waals surface area contributed by atoms with E-state index in [4.69, 9.17) is 4.74 Å². The first-order chi connectivity index (χ1) is 12.1. The van der Waals surface area contributed by atoms with Gasteiger partial charge in [-0.25, -0.2) is 4.79 Å². The Balaban J connectivity index is 1.45. The molecule has 2 N–H and O–H groups in total. The Hall–Kier alpha value is -3.09. The van der Waals surface area contributed by atoms with E-state index in [1.54, 1.807) is 0 Å². The standard InChI is InChI=1S/C18H21N5O2/c1-13-6-5-7-15(10-13)25-14(2)11-19-18(24)20-12-17-22-21-16-8-3-4-9-23(16)17/h3-10,14H,11-12H2,1-2H3,(H2,19,20,24)/t14-/m0/s1. The van der Waals surface area contributed by atoms with Crippen LogP contribution in [-0.2, 0) is 6.54 Å². The summed E-state index contributed by atoms with van der Waals surface area (Å²) in [5.74, 6) is 1.47. The third-order valence-electron chi connectivity index (χ3n) is 3.67. The maximum atomic E-state index is 12.0. The number of pyridine rings is 1. The van der Waals surface area contributed by atoms with E-state index in [-0.39, 0.29) is 12.1 Å². The van der Waals surface area contributed by atoms with Crippen molar-refractivity contribution < 1.29 is 9.53 Å². The monoisotopic (exact) mass is 339 g/mol. The first-order valence-electron chi connectivity index (χ1n) is 8.15. The lowest BCUT2D eigenvalue weighted by Gasteiger charge is -2.16. The lowest BCUT2D eigenvalue weighted by molar-refractivity contribution is 0.207. The minimum atomic E-state index is -0.271. The molecule has 0 aliphatic carbocycles. The fourth-order valence-corrected chi connectivity index (χ4v) is 2.43. The second kappa shape index (κ2) is 7.65. The molecule has 7 heteroatoms. The first kappa shape index (κ1) is 16.8. The van der Waals surface area contributed by atoms with Gasteiger partial charge in [0.15, 0.2) is 11.5 Å². The summed E-state index contributed by atoms with van der Waals surface area (Å²) in [7, 11) is 0. The number of carbonyl (C=O) groups excluding carboxylic acids is 1. The third-order valence-corrected chi connectivity index (χ3v) is 3.67. The first-order valence-corrected chi connectivity index (χ1v) is 8.15. The number of rotatable bonds is 6. The molecule has 0 bridgehead atoms. The van der Waals surface area contributed by atoms with Crippen LogP contribution in [0.1, 0.15) is 18.3 Å². The van der Waals surface area contributed by atoms with Gasteiger partial charge in [-0.15, -0.1) is 10.2 Å². The number of ether oxygens (including phenoxy) is 1. The highest BCUT2D eigenvalue weighted by atomic mass is 16.5. The lowest BCUT2D eigenvalue weighted by atomic mass is 10.2. The van der Waals surface area contributed by atoms with E-state index in [1.165, 1.54) is 0 Å². The number of aromatic nitrogens is 3. The van der Waals surface area contributed by atoms with Crippen LogP contribution in [0.3, 0.4) is 0 Å². The minimum Gasteiger partial charge on any atom is -0.489 e. The number of nitrogens with zero attached hydrogens (tertiary/aromatic N) is 3. The summed E-state index contributed by atoms with van der Waals surface area (Å²) < 4.78 is 7.62. The van der Waals surface area contributed by atoms with E-state index in [2.05, 4.69) is 20.8 Å². The van der Waals surface area contributed by atoms with Crippen molar-refractivity contribution in [1.82, 2.24) is 25.2 Å². The predicted octanol–water partition coefficient (Wildman–Crippen LogP) is 2.30. The number of benzene rings is 1.